The molecule has 0 spiro atoms. The topological polar surface area (TPSA) is 61.6 Å². The number of nitrogens with one attached hydrogen (secondary N) is 1. The van der Waals surface area contributed by atoms with Gasteiger partial charge in [0.15, 0.2) is 0 Å². The van der Waals surface area contributed by atoms with E-state index in [1.54, 1.807) is 6.26 Å². The fourth-order valence-electron chi connectivity index (χ4n) is 3.12. The highest BCUT2D eigenvalue weighted by Gasteiger charge is 2.26. The molecule has 1 atom stereocenters. The molecule has 1 aromatic carbocycles. The van der Waals surface area contributed by atoms with Crippen LogP contribution in [0.15, 0.2) is 41.0 Å². The third kappa shape index (κ3) is 4.60. The van der Waals surface area contributed by atoms with Gasteiger partial charge in [0, 0.05) is 25.2 Å². The van der Waals surface area contributed by atoms with Gasteiger partial charge in [0.2, 0.25) is 5.89 Å². The van der Waals surface area contributed by atoms with Crippen molar-refractivity contribution in [1.82, 2.24) is 20.1 Å². The van der Waals surface area contributed by atoms with Crippen molar-refractivity contribution in [2.75, 3.05) is 33.2 Å². The van der Waals surface area contributed by atoms with Crippen LogP contribution in [0.1, 0.15) is 19.0 Å². The summed E-state index contributed by atoms with van der Waals surface area (Å²) in [6.45, 7) is 6.27. The van der Waals surface area contributed by atoms with E-state index in [-0.39, 0.29) is 6.03 Å². The largest absolute Gasteiger partial charge is 0.444 e. The molecule has 0 aliphatic carbocycles. The van der Waals surface area contributed by atoms with Crippen molar-refractivity contribution in [1.29, 1.82) is 0 Å². The van der Waals surface area contributed by atoms with E-state index >= 15 is 0 Å². The van der Waals surface area contributed by atoms with Gasteiger partial charge in [-0.1, -0.05) is 25.1 Å². The van der Waals surface area contributed by atoms with E-state index in [0.29, 0.717) is 18.4 Å². The van der Waals surface area contributed by atoms with E-state index in [2.05, 4.69) is 29.2 Å². The molecular formula is C19H26N4O2. The van der Waals surface area contributed by atoms with Crippen molar-refractivity contribution in [2.24, 2.45) is 5.92 Å². The molecule has 1 aliphatic rings. The maximum atomic E-state index is 12.3. The summed E-state index contributed by atoms with van der Waals surface area (Å²) < 4.78 is 5.50. The molecule has 134 valence electrons. The van der Waals surface area contributed by atoms with Crippen molar-refractivity contribution in [3.05, 3.63) is 42.3 Å². The summed E-state index contributed by atoms with van der Waals surface area (Å²) in [5, 5.41) is 2.94. The van der Waals surface area contributed by atoms with Crippen LogP contribution in [0, 0.1) is 5.92 Å². The summed E-state index contributed by atoms with van der Waals surface area (Å²) in [6.07, 6.45) is 2.67. The molecule has 1 aromatic heterocycles. The van der Waals surface area contributed by atoms with Gasteiger partial charge in [-0.25, -0.2) is 9.78 Å². The van der Waals surface area contributed by atoms with Crippen molar-refractivity contribution in [3.63, 3.8) is 0 Å². The zero-order valence-electron chi connectivity index (χ0n) is 14.9. The molecule has 0 radical (unpaired) electrons. The zero-order valence-corrected chi connectivity index (χ0v) is 14.9. The molecule has 1 saturated heterocycles. The van der Waals surface area contributed by atoms with Crippen LogP contribution in [0.5, 0.6) is 0 Å². The Morgan fingerprint density at radius 1 is 1.40 bits per heavy atom. The average Bonchev–Trinajstić information content (AvgIpc) is 3.30. The molecule has 1 fully saturated rings. The lowest BCUT2D eigenvalue weighted by Crippen LogP contribution is -2.38. The number of oxazole rings is 1. The third-order valence-electron chi connectivity index (χ3n) is 4.68. The lowest BCUT2D eigenvalue weighted by atomic mass is 10.1. The zero-order chi connectivity index (χ0) is 17.6. The summed E-state index contributed by atoms with van der Waals surface area (Å²) in [5.74, 6) is 1.14. The lowest BCUT2D eigenvalue weighted by Gasteiger charge is -2.20. The number of likely N-dealkylation sites (tertiary alicyclic amines) is 1. The maximum absolute atomic E-state index is 12.3. The second-order valence-corrected chi connectivity index (χ2v) is 6.62. The predicted octanol–water partition coefficient (Wildman–Crippen LogP) is 2.82. The Hall–Kier alpha value is -2.34. The van der Waals surface area contributed by atoms with Crippen molar-refractivity contribution >= 4 is 6.03 Å². The van der Waals surface area contributed by atoms with Crippen LogP contribution in [-0.2, 0) is 6.54 Å². The van der Waals surface area contributed by atoms with E-state index in [4.69, 9.17) is 4.42 Å². The molecule has 3 rings (SSSR count). The second kappa shape index (κ2) is 8.16. The number of nitrogens with zero attached hydrogens (tertiary/aromatic N) is 3. The van der Waals surface area contributed by atoms with E-state index < -0.39 is 0 Å². The van der Waals surface area contributed by atoms with E-state index in [9.17, 15) is 4.79 Å². The van der Waals surface area contributed by atoms with E-state index in [1.165, 1.54) is 0 Å². The standard InChI is InChI=1S/C19H26N4O2/c1-3-22(2)12-15-9-10-23(13-15)19(24)20-11-17-14-25-18(21-17)16-7-5-4-6-8-16/h4-8,14-15H,3,9-13H2,1-2H3,(H,20,24). The Balaban J connectivity index is 1.48. The SMILES string of the molecule is CCN(C)CC1CCN(C(=O)NCc2coc(-c3ccccc3)n2)C1. The number of carbonyl (C=O) groups excluding carboxylic acids is 1. The number of amides is 2. The smallest absolute Gasteiger partial charge is 0.317 e. The Labute approximate surface area is 148 Å². The fourth-order valence-corrected chi connectivity index (χ4v) is 3.12. The number of hydrogen-bond acceptors (Lipinski definition) is 4. The van der Waals surface area contributed by atoms with Crippen molar-refractivity contribution in [3.8, 4) is 11.5 Å². The highest BCUT2D eigenvalue weighted by molar-refractivity contribution is 5.74. The molecule has 1 aliphatic heterocycles. The second-order valence-electron chi connectivity index (χ2n) is 6.62. The molecule has 1 unspecified atom stereocenters. The number of hydrogen-bond donors (Lipinski definition) is 1. The summed E-state index contributed by atoms with van der Waals surface area (Å²) in [5.41, 5.74) is 1.66. The molecule has 0 bridgehead atoms. The Morgan fingerprint density at radius 2 is 2.20 bits per heavy atom. The summed E-state index contributed by atoms with van der Waals surface area (Å²) in [6, 6.07) is 9.72. The van der Waals surface area contributed by atoms with Gasteiger partial charge in [0.05, 0.1) is 12.2 Å². The van der Waals surface area contributed by atoms with Crippen LogP contribution in [0.2, 0.25) is 0 Å². The third-order valence-corrected chi connectivity index (χ3v) is 4.68. The van der Waals surface area contributed by atoms with E-state index in [0.717, 1.165) is 43.9 Å². The number of urea groups is 1. The molecule has 1 N–H and O–H groups in total. The van der Waals surface area contributed by atoms with Gasteiger partial charge in [-0.15, -0.1) is 0 Å². The first-order valence-corrected chi connectivity index (χ1v) is 8.87. The first-order chi connectivity index (χ1) is 12.2. The first-order valence-electron chi connectivity index (χ1n) is 8.87. The summed E-state index contributed by atoms with van der Waals surface area (Å²) in [7, 11) is 2.12. The maximum Gasteiger partial charge on any atom is 0.317 e. The minimum atomic E-state index is -0.0223. The number of carbonyl (C=O) groups is 1. The number of aromatic nitrogens is 1. The highest BCUT2D eigenvalue weighted by Crippen LogP contribution is 2.19. The Morgan fingerprint density at radius 3 is 2.96 bits per heavy atom. The highest BCUT2D eigenvalue weighted by atomic mass is 16.3. The first kappa shape index (κ1) is 17.5. The van der Waals surface area contributed by atoms with Gasteiger partial charge in [0.1, 0.15) is 6.26 Å². The van der Waals surface area contributed by atoms with Crippen LogP contribution in [0.3, 0.4) is 0 Å². The van der Waals surface area contributed by atoms with Gasteiger partial charge in [-0.3, -0.25) is 0 Å². The Bertz CT molecular complexity index is 686. The number of rotatable bonds is 6. The lowest BCUT2D eigenvalue weighted by molar-refractivity contribution is 0.204. The monoisotopic (exact) mass is 342 g/mol. The van der Waals surface area contributed by atoms with Crippen LogP contribution in [-0.4, -0.2) is 54.0 Å². The molecule has 0 saturated carbocycles. The van der Waals surface area contributed by atoms with Crippen LogP contribution < -0.4 is 5.32 Å². The molecule has 2 amide bonds. The molecule has 6 heteroatoms. The van der Waals surface area contributed by atoms with Gasteiger partial charge >= 0.3 is 6.03 Å². The molecule has 2 aromatic rings. The van der Waals surface area contributed by atoms with Crippen LogP contribution in [0.25, 0.3) is 11.5 Å². The molecule has 25 heavy (non-hydrogen) atoms. The number of benzene rings is 1. The van der Waals surface area contributed by atoms with Gasteiger partial charge in [-0.2, -0.15) is 0 Å². The molecular weight excluding hydrogens is 316 g/mol. The summed E-state index contributed by atoms with van der Waals surface area (Å²) >= 11 is 0. The quantitative estimate of drug-likeness (QED) is 0.877. The van der Waals surface area contributed by atoms with E-state index in [1.807, 2.05) is 35.2 Å². The van der Waals surface area contributed by atoms with Crippen molar-refractivity contribution < 1.29 is 9.21 Å². The van der Waals surface area contributed by atoms with Gasteiger partial charge < -0.3 is 19.5 Å². The van der Waals surface area contributed by atoms with Crippen LogP contribution >= 0.6 is 0 Å². The van der Waals surface area contributed by atoms with Gasteiger partial charge in [-0.05, 0) is 38.1 Å². The Kier molecular flexibility index (Phi) is 5.71. The fraction of sp³-hybridized carbons (Fsp3) is 0.474. The minimum Gasteiger partial charge on any atom is -0.444 e. The normalized spacial score (nSPS) is 17.2. The van der Waals surface area contributed by atoms with Gasteiger partial charge in [0.25, 0.3) is 0 Å². The minimum absolute atomic E-state index is 0.0223. The molecule has 6 nitrogen and oxygen atoms in total. The van der Waals surface area contributed by atoms with Crippen LogP contribution in [0.4, 0.5) is 4.79 Å². The average molecular weight is 342 g/mol. The summed E-state index contributed by atoms with van der Waals surface area (Å²) in [4.78, 5) is 21.0. The molecule has 2 heterocycles. The van der Waals surface area contributed by atoms with Crippen molar-refractivity contribution in [2.45, 2.75) is 19.9 Å². The predicted molar refractivity (Wildman–Crippen MR) is 97.0 cm³/mol.